The highest BCUT2D eigenvalue weighted by Gasteiger charge is 2.34. The number of carbonyl (C=O) groups excluding carboxylic acids is 1. The maximum absolute atomic E-state index is 12.8. The van der Waals surface area contributed by atoms with E-state index in [-0.39, 0.29) is 24.7 Å². The molecule has 0 atom stereocenters. The van der Waals surface area contributed by atoms with Crippen LogP contribution in [0.15, 0.2) is 42.5 Å². The summed E-state index contributed by atoms with van der Waals surface area (Å²) in [5, 5.41) is 11.3. The van der Waals surface area contributed by atoms with Crippen molar-refractivity contribution < 1.29 is 22.9 Å². The molecule has 7 nitrogen and oxygen atoms in total. The van der Waals surface area contributed by atoms with Gasteiger partial charge in [-0.1, -0.05) is 0 Å². The molecule has 0 aliphatic carbocycles. The summed E-state index contributed by atoms with van der Waals surface area (Å²) in [7, 11) is 0. The number of piperazine rings is 1. The second-order valence-corrected chi connectivity index (χ2v) is 6.36. The lowest BCUT2D eigenvalue weighted by Crippen LogP contribution is -2.49. The molecule has 10 heteroatoms. The van der Waals surface area contributed by atoms with Gasteiger partial charge < -0.3 is 15.5 Å². The van der Waals surface area contributed by atoms with Crippen LogP contribution in [0, 0.1) is 10.1 Å². The molecule has 2 aromatic rings. The number of nitrogens with zero attached hydrogens (tertiary/aromatic N) is 3. The molecule has 1 aliphatic rings. The normalized spacial score (nSPS) is 14.8. The molecule has 1 heterocycles. The predicted octanol–water partition coefficient (Wildman–Crippen LogP) is 3.16. The molecule has 0 bridgehead atoms. The van der Waals surface area contributed by atoms with E-state index < -0.39 is 22.4 Å². The van der Waals surface area contributed by atoms with Crippen molar-refractivity contribution in [3.8, 4) is 0 Å². The zero-order valence-electron chi connectivity index (χ0n) is 14.6. The predicted molar refractivity (Wildman–Crippen MR) is 97.1 cm³/mol. The lowest BCUT2D eigenvalue weighted by molar-refractivity contribution is -0.384. The van der Waals surface area contributed by atoms with Gasteiger partial charge in [-0.05, 0) is 36.4 Å². The fourth-order valence-electron chi connectivity index (χ4n) is 3.07. The van der Waals surface area contributed by atoms with E-state index in [9.17, 15) is 28.1 Å². The lowest BCUT2D eigenvalue weighted by atomic mass is 10.1. The number of nitro benzene ring substituents is 1. The van der Waals surface area contributed by atoms with Gasteiger partial charge in [0.25, 0.3) is 11.6 Å². The van der Waals surface area contributed by atoms with Crippen LogP contribution >= 0.6 is 0 Å². The molecule has 148 valence electrons. The quantitative estimate of drug-likeness (QED) is 0.490. The van der Waals surface area contributed by atoms with Gasteiger partial charge in [0.2, 0.25) is 0 Å². The molecular formula is C18H17F3N4O3. The Labute approximate surface area is 158 Å². The molecule has 1 aliphatic heterocycles. The average molecular weight is 394 g/mol. The maximum atomic E-state index is 12.8. The topological polar surface area (TPSA) is 92.7 Å². The molecule has 3 rings (SSSR count). The van der Waals surface area contributed by atoms with Crippen LogP contribution in [0.5, 0.6) is 0 Å². The second-order valence-electron chi connectivity index (χ2n) is 6.36. The number of anilines is 2. The Bertz CT molecular complexity index is 892. The van der Waals surface area contributed by atoms with Crippen LogP contribution in [0.4, 0.5) is 30.2 Å². The number of nitro groups is 1. The fourth-order valence-corrected chi connectivity index (χ4v) is 3.07. The van der Waals surface area contributed by atoms with E-state index in [1.54, 1.807) is 34.1 Å². The Morgan fingerprint density at radius 3 is 2.18 bits per heavy atom. The van der Waals surface area contributed by atoms with Crippen molar-refractivity contribution >= 4 is 23.0 Å². The van der Waals surface area contributed by atoms with Gasteiger partial charge in [0.1, 0.15) is 5.69 Å². The zero-order chi connectivity index (χ0) is 20.5. The van der Waals surface area contributed by atoms with Crippen LogP contribution in [-0.2, 0) is 6.18 Å². The van der Waals surface area contributed by atoms with Gasteiger partial charge in [0.15, 0.2) is 0 Å². The molecule has 28 heavy (non-hydrogen) atoms. The van der Waals surface area contributed by atoms with Gasteiger partial charge in [-0.2, -0.15) is 13.2 Å². The minimum Gasteiger partial charge on any atom is -0.399 e. The third kappa shape index (κ3) is 4.00. The van der Waals surface area contributed by atoms with Crippen molar-refractivity contribution in [2.24, 2.45) is 0 Å². The van der Waals surface area contributed by atoms with Crippen molar-refractivity contribution in [1.29, 1.82) is 0 Å². The summed E-state index contributed by atoms with van der Waals surface area (Å²) in [6.45, 7) is 1.13. The second kappa shape index (κ2) is 7.37. The zero-order valence-corrected chi connectivity index (χ0v) is 14.6. The monoisotopic (exact) mass is 394 g/mol. The van der Waals surface area contributed by atoms with Crippen LogP contribution in [0.3, 0.4) is 0 Å². The maximum Gasteiger partial charge on any atom is 0.416 e. The molecule has 0 spiro atoms. The fraction of sp³-hybridized carbons (Fsp3) is 0.278. The van der Waals surface area contributed by atoms with E-state index in [0.717, 1.165) is 12.1 Å². The summed E-state index contributed by atoms with van der Waals surface area (Å²) in [4.78, 5) is 26.2. The first-order valence-electron chi connectivity index (χ1n) is 8.42. The Morgan fingerprint density at radius 1 is 1.04 bits per heavy atom. The average Bonchev–Trinajstić information content (AvgIpc) is 2.67. The van der Waals surface area contributed by atoms with Gasteiger partial charge in [-0.25, -0.2) is 0 Å². The number of benzene rings is 2. The summed E-state index contributed by atoms with van der Waals surface area (Å²) in [5.74, 6) is -0.193. The minimum absolute atomic E-state index is 0.109. The molecule has 1 fully saturated rings. The smallest absolute Gasteiger partial charge is 0.399 e. The first-order valence-corrected chi connectivity index (χ1v) is 8.42. The molecule has 0 unspecified atom stereocenters. The van der Waals surface area contributed by atoms with Gasteiger partial charge >= 0.3 is 6.18 Å². The van der Waals surface area contributed by atoms with Crippen LogP contribution in [0.25, 0.3) is 0 Å². The lowest BCUT2D eigenvalue weighted by Gasteiger charge is -2.36. The van der Waals surface area contributed by atoms with E-state index in [1.165, 1.54) is 0 Å². The van der Waals surface area contributed by atoms with Crippen LogP contribution in [0.2, 0.25) is 0 Å². The number of carbonyl (C=O) groups is 1. The molecule has 0 saturated carbocycles. The molecule has 2 aromatic carbocycles. The number of halogens is 3. The van der Waals surface area contributed by atoms with Crippen molar-refractivity contribution in [2.75, 3.05) is 36.8 Å². The Balaban J connectivity index is 1.75. The number of hydrogen-bond donors (Lipinski definition) is 1. The Morgan fingerprint density at radius 2 is 1.64 bits per heavy atom. The van der Waals surface area contributed by atoms with Gasteiger partial charge in [0.05, 0.1) is 10.5 Å². The number of rotatable bonds is 3. The molecule has 2 N–H and O–H groups in total. The highest BCUT2D eigenvalue weighted by Crippen LogP contribution is 2.36. The van der Waals surface area contributed by atoms with Gasteiger partial charge in [-0.15, -0.1) is 0 Å². The van der Waals surface area contributed by atoms with Crippen molar-refractivity contribution in [2.45, 2.75) is 6.18 Å². The van der Waals surface area contributed by atoms with Gasteiger partial charge in [0, 0.05) is 43.5 Å². The Hall–Kier alpha value is -3.30. The highest BCUT2D eigenvalue weighted by molar-refractivity contribution is 5.94. The van der Waals surface area contributed by atoms with Crippen molar-refractivity contribution in [1.82, 2.24) is 4.90 Å². The van der Waals surface area contributed by atoms with E-state index >= 15 is 0 Å². The van der Waals surface area contributed by atoms with Gasteiger partial charge in [-0.3, -0.25) is 14.9 Å². The third-order valence-corrected chi connectivity index (χ3v) is 4.56. The highest BCUT2D eigenvalue weighted by atomic mass is 19.4. The molecular weight excluding hydrogens is 377 g/mol. The molecule has 0 aromatic heterocycles. The Kier molecular flexibility index (Phi) is 5.12. The summed E-state index contributed by atoms with van der Waals surface area (Å²) >= 11 is 0. The summed E-state index contributed by atoms with van der Waals surface area (Å²) in [6, 6.07) is 8.95. The van der Waals surface area contributed by atoms with E-state index in [0.29, 0.717) is 30.4 Å². The number of nitrogens with two attached hydrogens (primary N) is 1. The van der Waals surface area contributed by atoms with E-state index in [4.69, 9.17) is 5.73 Å². The molecule has 0 radical (unpaired) electrons. The number of amides is 1. The standard InChI is InChI=1S/C18H17F3N4O3/c19-18(20,21)13-3-6-15(16(11-13)25(27)28)23-7-9-24(10-8-23)17(26)12-1-4-14(22)5-2-12/h1-6,11H,7-10,22H2. The summed E-state index contributed by atoms with van der Waals surface area (Å²) in [6.07, 6.45) is -4.66. The van der Waals surface area contributed by atoms with Crippen LogP contribution in [0.1, 0.15) is 15.9 Å². The van der Waals surface area contributed by atoms with Crippen LogP contribution < -0.4 is 10.6 Å². The minimum atomic E-state index is -4.66. The van der Waals surface area contributed by atoms with Crippen molar-refractivity contribution in [3.05, 3.63) is 63.7 Å². The largest absolute Gasteiger partial charge is 0.416 e. The van der Waals surface area contributed by atoms with Crippen molar-refractivity contribution in [3.63, 3.8) is 0 Å². The molecule has 1 saturated heterocycles. The van der Waals surface area contributed by atoms with E-state index in [1.807, 2.05) is 0 Å². The molecule has 1 amide bonds. The van der Waals surface area contributed by atoms with Crippen LogP contribution in [-0.4, -0.2) is 41.9 Å². The third-order valence-electron chi connectivity index (χ3n) is 4.56. The summed E-state index contributed by atoms with van der Waals surface area (Å²) in [5.41, 5.74) is 5.06. The first-order chi connectivity index (χ1) is 13.2. The number of alkyl halides is 3. The first kappa shape index (κ1) is 19.5. The summed E-state index contributed by atoms with van der Waals surface area (Å²) < 4.78 is 38.5. The SMILES string of the molecule is Nc1ccc(C(=O)N2CCN(c3ccc(C(F)(F)F)cc3[N+](=O)[O-])CC2)cc1. The van der Waals surface area contributed by atoms with E-state index in [2.05, 4.69) is 0 Å². The number of hydrogen-bond acceptors (Lipinski definition) is 5. The number of nitrogen functional groups attached to an aromatic ring is 1.